The lowest BCUT2D eigenvalue weighted by molar-refractivity contribution is 1.22. The molecule has 0 aliphatic rings. The highest BCUT2D eigenvalue weighted by atomic mass is 15.1. The summed E-state index contributed by atoms with van der Waals surface area (Å²) >= 11 is 0. The molecule has 0 saturated heterocycles. The van der Waals surface area contributed by atoms with E-state index in [-0.39, 0.29) is 0 Å². The molecule has 0 spiro atoms. The first kappa shape index (κ1) is 6.01. The van der Waals surface area contributed by atoms with Crippen LogP contribution in [0, 0.1) is 0 Å². The molecule has 0 radical (unpaired) electrons. The zero-order valence-corrected chi connectivity index (χ0v) is 4.20. The summed E-state index contributed by atoms with van der Waals surface area (Å²) in [5.74, 6) is 0. The third-order valence-electron chi connectivity index (χ3n) is 0.339. The van der Waals surface area contributed by atoms with Gasteiger partial charge < -0.3 is 0 Å². The van der Waals surface area contributed by atoms with Crippen molar-refractivity contribution in [1.29, 1.82) is 0 Å². The maximum absolute atomic E-state index is 3.54. The zero-order valence-electron chi connectivity index (χ0n) is 4.20. The van der Waals surface area contributed by atoms with E-state index in [2.05, 4.69) is 21.8 Å². The molecule has 0 fully saturated rings. The van der Waals surface area contributed by atoms with Crippen LogP contribution < -0.4 is 0 Å². The highest BCUT2D eigenvalue weighted by Crippen LogP contribution is 1.65. The summed E-state index contributed by atoms with van der Waals surface area (Å²) in [6.07, 6.45) is 2.72. The van der Waals surface area contributed by atoms with Crippen LogP contribution in [0.3, 0.4) is 0 Å². The highest BCUT2D eigenvalue weighted by molar-refractivity contribution is 5.54. The van der Waals surface area contributed by atoms with Crippen molar-refractivity contribution < 1.29 is 0 Å². The monoisotopic (exact) mass is 97.1 g/mol. The van der Waals surface area contributed by atoms with Crippen LogP contribution in [0.5, 0.6) is 0 Å². The van der Waals surface area contributed by atoms with Crippen LogP contribution in [0.1, 0.15) is 0 Å². The van der Waals surface area contributed by atoms with Crippen LogP contribution in [0.15, 0.2) is 28.0 Å². The lowest BCUT2D eigenvalue weighted by Gasteiger charge is -1.66. The molecule has 0 heterocycles. The molecule has 38 valence electrons. The van der Waals surface area contributed by atoms with E-state index in [1.54, 1.807) is 7.05 Å². The largest absolute Gasteiger partial charge is 0.244 e. The Bertz CT molecular complexity index is 93.1. The van der Waals surface area contributed by atoms with E-state index in [0.29, 0.717) is 0 Å². The fourth-order valence-corrected chi connectivity index (χ4v) is 0.129. The first-order chi connectivity index (χ1) is 3.41. The summed E-state index contributed by atoms with van der Waals surface area (Å²) in [4.78, 5) is 3.54. The smallest absolute Gasteiger partial charge is 0.137 e. The minimum Gasteiger partial charge on any atom is -0.244 e. The molecule has 0 aliphatic heterocycles. The Kier molecular flexibility index (Phi) is 4.30. The van der Waals surface area contributed by atoms with E-state index < -0.39 is 0 Å². The first-order valence-corrected chi connectivity index (χ1v) is 1.83. The molecule has 0 rings (SSSR count). The fourth-order valence-electron chi connectivity index (χ4n) is 0.129. The van der Waals surface area contributed by atoms with Gasteiger partial charge in [0.25, 0.3) is 0 Å². The van der Waals surface area contributed by atoms with Crippen molar-refractivity contribution >= 4 is 6.34 Å². The average molecular weight is 97.1 g/mol. The maximum Gasteiger partial charge on any atom is 0.137 e. The van der Waals surface area contributed by atoms with Gasteiger partial charge in [0.05, 0.1) is 0 Å². The molecule has 7 heavy (non-hydrogen) atoms. The number of hydrogen-bond donors (Lipinski definition) is 0. The van der Waals surface area contributed by atoms with E-state index in [9.17, 15) is 0 Å². The van der Waals surface area contributed by atoms with Gasteiger partial charge in [-0.15, -0.1) is 5.11 Å². The Morgan fingerprint density at radius 3 is 2.71 bits per heavy atom. The second-order valence-corrected chi connectivity index (χ2v) is 0.763. The molecule has 3 nitrogen and oxygen atoms in total. The number of aliphatic imine (C=N–C) groups is 1. The van der Waals surface area contributed by atoms with Gasteiger partial charge in [0.15, 0.2) is 0 Å². The Hall–Kier alpha value is -0.990. The summed E-state index contributed by atoms with van der Waals surface area (Å²) in [7, 11) is 1.58. The Morgan fingerprint density at radius 2 is 2.29 bits per heavy atom. The van der Waals surface area contributed by atoms with Gasteiger partial charge in [-0.25, -0.2) is 4.99 Å². The topological polar surface area (TPSA) is 37.1 Å². The van der Waals surface area contributed by atoms with Gasteiger partial charge in [0.2, 0.25) is 0 Å². The quantitative estimate of drug-likeness (QED) is 0.282. The first-order valence-electron chi connectivity index (χ1n) is 1.83. The molecule has 0 amide bonds. The van der Waals surface area contributed by atoms with Crippen molar-refractivity contribution in [2.75, 3.05) is 7.05 Å². The minimum absolute atomic E-state index is 1.33. The van der Waals surface area contributed by atoms with Gasteiger partial charge in [0.1, 0.15) is 6.34 Å². The lowest BCUT2D eigenvalue weighted by Crippen LogP contribution is -1.56. The molecule has 0 aromatic heterocycles. The van der Waals surface area contributed by atoms with Gasteiger partial charge in [-0.2, -0.15) is 5.11 Å². The summed E-state index contributed by atoms with van der Waals surface area (Å²) < 4.78 is 0. The van der Waals surface area contributed by atoms with Crippen molar-refractivity contribution in [1.82, 2.24) is 0 Å². The summed E-state index contributed by atoms with van der Waals surface area (Å²) in [6.45, 7) is 3.33. The molecule has 3 heteroatoms. The van der Waals surface area contributed by atoms with Gasteiger partial charge in [-0.3, -0.25) is 0 Å². The fraction of sp³-hybridized carbons (Fsp3) is 0.250. The molecule has 0 atom stereocenters. The molecular formula is C4H7N3. The SMILES string of the molecule is C=C/N=C\N=N/C. The number of azo groups is 1. The van der Waals surface area contributed by atoms with Gasteiger partial charge >= 0.3 is 0 Å². The van der Waals surface area contributed by atoms with E-state index in [4.69, 9.17) is 0 Å². The van der Waals surface area contributed by atoms with E-state index in [0.717, 1.165) is 0 Å². The standard InChI is InChI=1S/C4H7N3/c1-3-6-4-7-5-2/h3-4H,1H2,2H3/b6-4-,7-5-. The number of nitrogens with zero attached hydrogens (tertiary/aromatic N) is 3. The summed E-state index contributed by atoms with van der Waals surface area (Å²) in [5.41, 5.74) is 0. The maximum atomic E-state index is 3.54. The predicted molar refractivity (Wildman–Crippen MR) is 29.5 cm³/mol. The molecule has 0 saturated carbocycles. The van der Waals surface area contributed by atoms with Crippen molar-refractivity contribution in [2.24, 2.45) is 15.2 Å². The molecule has 0 N–H and O–H groups in total. The van der Waals surface area contributed by atoms with Crippen LogP contribution >= 0.6 is 0 Å². The van der Waals surface area contributed by atoms with Crippen molar-refractivity contribution in [3.8, 4) is 0 Å². The second-order valence-electron chi connectivity index (χ2n) is 0.763. The molecule has 0 aromatic rings. The lowest BCUT2D eigenvalue weighted by atomic mass is 11.0. The van der Waals surface area contributed by atoms with E-state index in [1.807, 2.05) is 0 Å². The zero-order chi connectivity index (χ0) is 5.54. The van der Waals surface area contributed by atoms with E-state index in [1.165, 1.54) is 12.5 Å². The van der Waals surface area contributed by atoms with Crippen LogP contribution in [0.4, 0.5) is 0 Å². The molecule has 0 aliphatic carbocycles. The summed E-state index contributed by atoms with van der Waals surface area (Å²) in [5, 5.41) is 6.82. The van der Waals surface area contributed by atoms with Crippen LogP contribution in [-0.2, 0) is 0 Å². The number of hydrogen-bond acceptors (Lipinski definition) is 2. The van der Waals surface area contributed by atoms with Crippen molar-refractivity contribution in [3.63, 3.8) is 0 Å². The van der Waals surface area contributed by atoms with Gasteiger partial charge in [0, 0.05) is 13.2 Å². The normalized spacial score (nSPS) is 11.0. The summed E-state index contributed by atoms with van der Waals surface area (Å²) in [6, 6.07) is 0. The predicted octanol–water partition coefficient (Wildman–Crippen LogP) is 1.24. The van der Waals surface area contributed by atoms with Gasteiger partial charge in [-0.1, -0.05) is 6.58 Å². The second kappa shape index (κ2) is 5.01. The van der Waals surface area contributed by atoms with Crippen LogP contribution in [-0.4, -0.2) is 13.4 Å². The Morgan fingerprint density at radius 1 is 1.57 bits per heavy atom. The molecular weight excluding hydrogens is 90.1 g/mol. The molecule has 0 bridgehead atoms. The third-order valence-corrected chi connectivity index (χ3v) is 0.339. The van der Waals surface area contributed by atoms with Crippen LogP contribution in [0.2, 0.25) is 0 Å². The molecule has 0 unspecified atom stereocenters. The molecule has 0 aromatic carbocycles. The highest BCUT2D eigenvalue weighted by Gasteiger charge is 1.53. The van der Waals surface area contributed by atoms with Gasteiger partial charge in [-0.05, 0) is 0 Å². The Balaban J connectivity index is 3.27. The van der Waals surface area contributed by atoms with E-state index >= 15 is 0 Å². The third kappa shape index (κ3) is 5.01. The average Bonchev–Trinajstić information content (AvgIpc) is 1.69. The minimum atomic E-state index is 1.33. The van der Waals surface area contributed by atoms with Crippen LogP contribution in [0.25, 0.3) is 0 Å². The number of rotatable bonds is 2. The Labute approximate surface area is 42.5 Å². The van der Waals surface area contributed by atoms with Crippen molar-refractivity contribution in [2.45, 2.75) is 0 Å². The van der Waals surface area contributed by atoms with Crippen molar-refractivity contribution in [3.05, 3.63) is 12.8 Å².